The van der Waals surface area contributed by atoms with Crippen LogP contribution in [0.3, 0.4) is 0 Å². The average molecular weight is 663 g/mol. The monoisotopic (exact) mass is 661 g/mol. The zero-order valence-electron chi connectivity index (χ0n) is 25.2. The van der Waals surface area contributed by atoms with Crippen molar-refractivity contribution in [2.45, 2.75) is 58.8 Å². The number of ether oxygens (including phenoxy) is 2. The lowest BCUT2D eigenvalue weighted by molar-refractivity contribution is -0.113. The smallest absolute Gasteiger partial charge is 0.255 e. The van der Waals surface area contributed by atoms with Gasteiger partial charge in [0.1, 0.15) is 12.6 Å². The molecule has 2 N–H and O–H groups in total. The molecule has 1 unspecified atom stereocenters. The molecule has 0 bridgehead atoms. The zero-order chi connectivity index (χ0) is 30.7. The number of benzene rings is 3. The molecule has 1 amide bonds. The van der Waals surface area contributed by atoms with Gasteiger partial charge in [0.15, 0.2) is 11.5 Å². The summed E-state index contributed by atoms with van der Waals surface area (Å²) >= 11 is 5.32. The number of hydrogen-bond acceptors (Lipinski definition) is 7. The number of amides is 1. The summed E-state index contributed by atoms with van der Waals surface area (Å²) < 4.78 is 14.6. The molecule has 10 heteroatoms. The first-order chi connectivity index (χ1) is 20.7. The van der Waals surface area contributed by atoms with Gasteiger partial charge in [0.25, 0.3) is 5.91 Å². The predicted octanol–water partition coefficient (Wildman–Crippen LogP) is 7.98. The van der Waals surface area contributed by atoms with Crippen molar-refractivity contribution < 1.29 is 14.3 Å². The highest BCUT2D eigenvalue weighted by Crippen LogP contribution is 2.43. The van der Waals surface area contributed by atoms with Gasteiger partial charge in [0.05, 0.1) is 17.2 Å². The van der Waals surface area contributed by atoms with Crippen LogP contribution in [-0.4, -0.2) is 33.5 Å². The third kappa shape index (κ3) is 6.60. The molecule has 1 aliphatic heterocycles. The van der Waals surface area contributed by atoms with E-state index in [1.807, 2.05) is 63.2 Å². The number of rotatable bonds is 10. The van der Waals surface area contributed by atoms with E-state index in [2.05, 4.69) is 52.5 Å². The zero-order valence-corrected chi connectivity index (χ0v) is 27.6. The molecule has 0 saturated carbocycles. The normalized spacial score (nSPS) is 14.3. The fourth-order valence-corrected chi connectivity index (χ4v) is 6.20. The maximum Gasteiger partial charge on any atom is 0.255 e. The Kier molecular flexibility index (Phi) is 9.46. The highest BCUT2D eigenvalue weighted by atomic mass is 79.9. The minimum absolute atomic E-state index is 0.220. The van der Waals surface area contributed by atoms with Crippen LogP contribution in [0.1, 0.15) is 54.1 Å². The number of nitrogens with zero attached hydrogens (tertiary/aromatic N) is 3. The molecule has 1 aromatic heterocycles. The fraction of sp³-hybridized carbons (Fsp3) is 0.303. The highest BCUT2D eigenvalue weighted by molar-refractivity contribution is 9.10. The number of fused-ring (bicyclic) bond motifs is 1. The Morgan fingerprint density at radius 3 is 2.60 bits per heavy atom. The van der Waals surface area contributed by atoms with Gasteiger partial charge in [-0.3, -0.25) is 4.79 Å². The number of anilines is 2. The lowest BCUT2D eigenvalue weighted by Crippen LogP contribution is -2.31. The Balaban J connectivity index is 1.55. The summed E-state index contributed by atoms with van der Waals surface area (Å²) in [5.74, 6) is 2.39. The lowest BCUT2D eigenvalue weighted by Gasteiger charge is -2.29. The molecule has 3 aromatic carbocycles. The van der Waals surface area contributed by atoms with Crippen molar-refractivity contribution >= 4 is 45.2 Å². The summed E-state index contributed by atoms with van der Waals surface area (Å²) in [6.45, 7) is 10.5. The van der Waals surface area contributed by atoms with Crippen LogP contribution in [0, 0.1) is 20.8 Å². The van der Waals surface area contributed by atoms with Crippen molar-refractivity contribution in [1.82, 2.24) is 14.8 Å². The number of nitrogens with one attached hydrogen (secondary N) is 2. The van der Waals surface area contributed by atoms with Gasteiger partial charge in [0, 0.05) is 17.1 Å². The Bertz CT molecular complexity index is 1680. The number of aromatic nitrogens is 3. The summed E-state index contributed by atoms with van der Waals surface area (Å²) in [7, 11) is 1.61. The molecule has 224 valence electrons. The SMILES string of the molecule is CCCSc1nc2n(n1)C(c1cc(Br)c(OCc3ccc(C)cc3)c(OC)c1)C(C(=O)Nc1cccc(C)c1C)=C(C)N2. The van der Waals surface area contributed by atoms with E-state index in [4.69, 9.17) is 19.6 Å². The molecule has 5 rings (SSSR count). The molecule has 0 saturated heterocycles. The van der Waals surface area contributed by atoms with E-state index in [1.54, 1.807) is 23.6 Å². The second kappa shape index (κ2) is 13.3. The maximum atomic E-state index is 14.1. The van der Waals surface area contributed by atoms with Crippen LogP contribution in [0.2, 0.25) is 0 Å². The summed E-state index contributed by atoms with van der Waals surface area (Å²) in [4.78, 5) is 18.8. The van der Waals surface area contributed by atoms with Crippen LogP contribution in [0.25, 0.3) is 0 Å². The third-order valence-corrected chi connectivity index (χ3v) is 9.07. The van der Waals surface area contributed by atoms with E-state index in [9.17, 15) is 4.79 Å². The molecule has 0 fully saturated rings. The number of thioether (sulfide) groups is 1. The van der Waals surface area contributed by atoms with Crippen molar-refractivity contribution in [3.8, 4) is 11.5 Å². The number of allylic oxidation sites excluding steroid dienone is 1. The van der Waals surface area contributed by atoms with Crippen LogP contribution in [0.4, 0.5) is 11.6 Å². The Morgan fingerprint density at radius 1 is 1.12 bits per heavy atom. The van der Waals surface area contributed by atoms with Gasteiger partial charge in [-0.05, 0) is 90.5 Å². The summed E-state index contributed by atoms with van der Waals surface area (Å²) in [6, 6.07) is 17.4. The first-order valence-electron chi connectivity index (χ1n) is 14.2. The van der Waals surface area contributed by atoms with Gasteiger partial charge in [-0.15, -0.1) is 5.10 Å². The van der Waals surface area contributed by atoms with Gasteiger partial charge >= 0.3 is 0 Å². The van der Waals surface area contributed by atoms with Crippen molar-refractivity contribution in [2.24, 2.45) is 0 Å². The van der Waals surface area contributed by atoms with Gasteiger partial charge in [-0.25, -0.2) is 4.68 Å². The third-order valence-electron chi connectivity index (χ3n) is 7.44. The van der Waals surface area contributed by atoms with E-state index in [1.165, 1.54) is 5.56 Å². The van der Waals surface area contributed by atoms with Crippen molar-refractivity contribution in [3.63, 3.8) is 0 Å². The number of aryl methyl sites for hydroxylation is 2. The van der Waals surface area contributed by atoms with Gasteiger partial charge in [-0.2, -0.15) is 4.98 Å². The second-order valence-electron chi connectivity index (χ2n) is 10.6. The van der Waals surface area contributed by atoms with Crippen LogP contribution < -0.4 is 20.1 Å². The maximum absolute atomic E-state index is 14.1. The molecule has 0 spiro atoms. The lowest BCUT2D eigenvalue weighted by atomic mass is 9.94. The molecular formula is C33H36BrN5O3S. The molecule has 2 heterocycles. The van der Waals surface area contributed by atoms with Gasteiger partial charge < -0.3 is 20.1 Å². The highest BCUT2D eigenvalue weighted by Gasteiger charge is 2.35. The summed E-state index contributed by atoms with van der Waals surface area (Å²) in [5.41, 5.74) is 7.18. The predicted molar refractivity (Wildman–Crippen MR) is 176 cm³/mol. The number of carbonyl (C=O) groups excluding carboxylic acids is 1. The van der Waals surface area contributed by atoms with Gasteiger partial charge in [0.2, 0.25) is 11.1 Å². The van der Waals surface area contributed by atoms with Gasteiger partial charge in [-0.1, -0.05) is 60.6 Å². The Labute approximate surface area is 265 Å². The molecule has 1 atom stereocenters. The number of methoxy groups -OCH3 is 1. The first-order valence-corrected chi connectivity index (χ1v) is 16.0. The minimum atomic E-state index is -0.568. The molecule has 43 heavy (non-hydrogen) atoms. The topological polar surface area (TPSA) is 90.3 Å². The Morgan fingerprint density at radius 2 is 1.88 bits per heavy atom. The average Bonchev–Trinajstić information content (AvgIpc) is 3.39. The summed E-state index contributed by atoms with van der Waals surface area (Å²) in [5, 5.41) is 12.0. The largest absolute Gasteiger partial charge is 0.493 e. The molecule has 1 aliphatic rings. The number of hydrogen-bond donors (Lipinski definition) is 2. The standard InChI is InChI=1S/C33H36BrN5O3S/c1-7-15-43-33-37-32-35-22(5)28(31(40)36-26-10-8-9-20(3)21(26)4)29(39(32)38-33)24-16-25(34)30(27(17-24)41-6)42-18-23-13-11-19(2)12-14-23/h8-14,16-17,29H,7,15,18H2,1-6H3,(H,36,40)(H,35,37,38). The molecular weight excluding hydrogens is 626 g/mol. The molecule has 8 nitrogen and oxygen atoms in total. The summed E-state index contributed by atoms with van der Waals surface area (Å²) in [6.07, 6.45) is 1.00. The fourth-order valence-electron chi connectivity index (χ4n) is 4.94. The number of carbonyl (C=O) groups is 1. The molecule has 4 aromatic rings. The quantitative estimate of drug-likeness (QED) is 0.167. The van der Waals surface area contributed by atoms with Crippen molar-refractivity contribution in [2.75, 3.05) is 23.5 Å². The minimum Gasteiger partial charge on any atom is -0.493 e. The van der Waals surface area contributed by atoms with Crippen LogP contribution in [0.5, 0.6) is 11.5 Å². The van der Waals surface area contributed by atoms with Crippen molar-refractivity contribution in [3.05, 3.63) is 98.2 Å². The van der Waals surface area contributed by atoms with Crippen LogP contribution in [-0.2, 0) is 11.4 Å². The van der Waals surface area contributed by atoms with E-state index in [0.29, 0.717) is 45.0 Å². The Hall–Kier alpha value is -3.76. The second-order valence-corrected chi connectivity index (χ2v) is 12.5. The van der Waals surface area contributed by atoms with Crippen molar-refractivity contribution in [1.29, 1.82) is 0 Å². The van der Waals surface area contributed by atoms with E-state index in [-0.39, 0.29) is 5.91 Å². The molecule has 0 radical (unpaired) electrons. The van der Waals surface area contributed by atoms with Crippen LogP contribution >= 0.6 is 27.7 Å². The van der Waals surface area contributed by atoms with Crippen LogP contribution in [0.15, 0.2) is 75.5 Å². The first kappa shape index (κ1) is 30.7. The molecule has 0 aliphatic carbocycles. The number of halogens is 1. The van der Waals surface area contributed by atoms with E-state index >= 15 is 0 Å². The van der Waals surface area contributed by atoms with E-state index in [0.717, 1.165) is 40.1 Å². The van der Waals surface area contributed by atoms with E-state index < -0.39 is 6.04 Å².